The maximum Gasteiger partial charge on any atom is 0.105 e. The first-order valence-corrected chi connectivity index (χ1v) is 7.66. The minimum absolute atomic E-state index is 0.368. The minimum Gasteiger partial charge on any atom is -0.389 e. The minimum atomic E-state index is 0.368. The van der Waals surface area contributed by atoms with Crippen LogP contribution in [0.2, 0.25) is 5.02 Å². The van der Waals surface area contributed by atoms with Crippen LogP contribution in [0.1, 0.15) is 5.56 Å². The van der Waals surface area contributed by atoms with Crippen LogP contribution in [0.25, 0.3) is 0 Å². The van der Waals surface area contributed by atoms with E-state index in [4.69, 9.17) is 29.6 Å². The van der Waals surface area contributed by atoms with E-state index in [9.17, 15) is 0 Å². The molecule has 0 saturated heterocycles. The van der Waals surface area contributed by atoms with Crippen molar-refractivity contribution >= 4 is 72.0 Å². The highest BCUT2D eigenvalue weighted by atomic mass is 79.9. The van der Waals surface area contributed by atoms with Crippen LogP contribution in [0.3, 0.4) is 0 Å². The van der Waals surface area contributed by atoms with Gasteiger partial charge in [-0.3, -0.25) is 0 Å². The van der Waals surface area contributed by atoms with Crippen LogP contribution in [-0.4, -0.2) is 4.99 Å². The van der Waals surface area contributed by atoms with E-state index in [1.54, 1.807) is 0 Å². The van der Waals surface area contributed by atoms with Crippen molar-refractivity contribution in [2.75, 3.05) is 5.32 Å². The van der Waals surface area contributed by atoms with Crippen molar-refractivity contribution in [1.29, 1.82) is 0 Å². The van der Waals surface area contributed by atoms with Gasteiger partial charge in [-0.15, -0.1) is 0 Å². The smallest absolute Gasteiger partial charge is 0.105 e. The molecule has 3 N–H and O–H groups in total. The normalized spacial score (nSPS) is 10.3. The Hall–Kier alpha value is -0.620. The third-order valence-corrected chi connectivity index (χ3v) is 4.53. The summed E-state index contributed by atoms with van der Waals surface area (Å²) in [4.78, 5) is 0.368. The van der Waals surface area contributed by atoms with E-state index in [0.29, 0.717) is 10.0 Å². The van der Waals surface area contributed by atoms with Gasteiger partial charge in [0.1, 0.15) is 4.99 Å². The summed E-state index contributed by atoms with van der Waals surface area (Å²) in [5.41, 5.74) is 8.30. The Balaban J connectivity index is 2.26. The number of nitrogens with two attached hydrogens (primary N) is 1. The predicted octanol–water partition coefficient (Wildman–Crippen LogP) is 5.24. The average molecular weight is 421 g/mol. The predicted molar refractivity (Wildman–Crippen MR) is 92.5 cm³/mol. The number of hydrogen-bond acceptors (Lipinski definition) is 2. The second-order valence-corrected chi connectivity index (χ2v) is 6.37. The lowest BCUT2D eigenvalue weighted by Gasteiger charge is -2.10. The van der Waals surface area contributed by atoms with Crippen LogP contribution in [0.5, 0.6) is 0 Å². The van der Waals surface area contributed by atoms with Gasteiger partial charge in [0.2, 0.25) is 0 Å². The molecule has 0 aliphatic heterocycles. The number of halogens is 3. The Bertz CT molecular complexity index is 647. The van der Waals surface area contributed by atoms with Gasteiger partial charge in [-0.05, 0) is 68.3 Å². The average Bonchev–Trinajstić information content (AvgIpc) is 2.33. The van der Waals surface area contributed by atoms with Crippen LogP contribution < -0.4 is 11.1 Å². The molecule has 0 amide bonds. The molecule has 0 aromatic heterocycles. The van der Waals surface area contributed by atoms with Gasteiger partial charge in [-0.25, -0.2) is 0 Å². The van der Waals surface area contributed by atoms with Crippen molar-refractivity contribution in [3.63, 3.8) is 0 Å². The summed E-state index contributed by atoms with van der Waals surface area (Å²) < 4.78 is 1.70. The molecular weight excluding hydrogens is 411 g/mol. The Kier molecular flexibility index (Phi) is 4.84. The van der Waals surface area contributed by atoms with Gasteiger partial charge in [0.15, 0.2) is 0 Å². The van der Waals surface area contributed by atoms with Gasteiger partial charge in [0, 0.05) is 25.9 Å². The van der Waals surface area contributed by atoms with Gasteiger partial charge in [-0.1, -0.05) is 23.8 Å². The van der Waals surface area contributed by atoms with E-state index in [-0.39, 0.29) is 0 Å². The van der Waals surface area contributed by atoms with Crippen molar-refractivity contribution in [1.82, 2.24) is 0 Å². The second-order valence-electron chi connectivity index (χ2n) is 3.81. The lowest BCUT2D eigenvalue weighted by molar-refractivity contribution is 1.50. The van der Waals surface area contributed by atoms with Crippen LogP contribution in [-0.2, 0) is 0 Å². The fourth-order valence-electron chi connectivity index (χ4n) is 1.53. The Morgan fingerprint density at radius 2 is 1.63 bits per heavy atom. The van der Waals surface area contributed by atoms with Crippen molar-refractivity contribution < 1.29 is 0 Å². The van der Waals surface area contributed by atoms with Crippen molar-refractivity contribution in [3.8, 4) is 0 Å². The monoisotopic (exact) mass is 418 g/mol. The number of anilines is 2. The van der Waals surface area contributed by atoms with Crippen molar-refractivity contribution in [2.45, 2.75) is 0 Å². The largest absolute Gasteiger partial charge is 0.389 e. The van der Waals surface area contributed by atoms with E-state index in [0.717, 1.165) is 25.9 Å². The molecular formula is C13H9Br2ClN2S. The Morgan fingerprint density at radius 1 is 1.05 bits per heavy atom. The number of hydrogen-bond donors (Lipinski definition) is 2. The van der Waals surface area contributed by atoms with E-state index in [2.05, 4.69) is 37.2 Å². The van der Waals surface area contributed by atoms with Crippen molar-refractivity contribution in [2.24, 2.45) is 5.73 Å². The van der Waals surface area contributed by atoms with Crippen LogP contribution in [0.4, 0.5) is 11.4 Å². The summed E-state index contributed by atoms with van der Waals surface area (Å²) in [6.45, 7) is 0. The first-order chi connectivity index (χ1) is 8.97. The Labute approximate surface area is 138 Å². The van der Waals surface area contributed by atoms with Crippen LogP contribution in [0.15, 0.2) is 45.3 Å². The maximum atomic E-state index is 5.95. The zero-order valence-corrected chi connectivity index (χ0v) is 14.3. The molecule has 2 rings (SSSR count). The fourth-order valence-corrected chi connectivity index (χ4v) is 2.93. The molecule has 2 aromatic rings. The third kappa shape index (κ3) is 3.69. The van der Waals surface area contributed by atoms with Gasteiger partial charge in [-0.2, -0.15) is 0 Å². The zero-order valence-electron chi connectivity index (χ0n) is 9.58. The van der Waals surface area contributed by atoms with Crippen LogP contribution in [0, 0.1) is 0 Å². The topological polar surface area (TPSA) is 38.0 Å². The quantitative estimate of drug-likeness (QED) is 0.667. The first kappa shape index (κ1) is 14.8. The number of benzene rings is 2. The molecule has 2 aromatic carbocycles. The molecule has 0 fully saturated rings. The van der Waals surface area contributed by atoms with Gasteiger partial charge < -0.3 is 11.1 Å². The molecule has 0 aliphatic carbocycles. The molecule has 0 aliphatic rings. The number of nitrogens with one attached hydrogen (secondary N) is 1. The van der Waals surface area contributed by atoms with E-state index in [1.165, 1.54) is 0 Å². The molecule has 2 nitrogen and oxygen atoms in total. The summed E-state index contributed by atoms with van der Waals surface area (Å²) in [5, 5.41) is 3.95. The summed E-state index contributed by atoms with van der Waals surface area (Å²) >= 11 is 17.8. The molecule has 0 radical (unpaired) electrons. The summed E-state index contributed by atoms with van der Waals surface area (Å²) in [5.74, 6) is 0. The fraction of sp³-hybridized carbons (Fsp3) is 0. The number of thiocarbonyl (C=S) groups is 1. The van der Waals surface area contributed by atoms with Crippen LogP contribution >= 0.6 is 55.7 Å². The van der Waals surface area contributed by atoms with Crippen molar-refractivity contribution in [3.05, 3.63) is 55.9 Å². The summed E-state index contributed by atoms with van der Waals surface area (Å²) in [6.07, 6.45) is 0. The molecule has 6 heteroatoms. The maximum absolute atomic E-state index is 5.95. The molecule has 19 heavy (non-hydrogen) atoms. The third-order valence-electron chi connectivity index (χ3n) is 2.44. The lowest BCUT2D eigenvalue weighted by Crippen LogP contribution is -2.10. The molecule has 98 valence electrons. The van der Waals surface area contributed by atoms with Gasteiger partial charge in [0.05, 0.1) is 5.02 Å². The SMILES string of the molecule is NC(=S)c1ccc(Nc2ccc(Cl)c(Br)c2)cc1Br. The Morgan fingerprint density at radius 3 is 2.16 bits per heavy atom. The summed E-state index contributed by atoms with van der Waals surface area (Å²) in [6, 6.07) is 11.4. The highest BCUT2D eigenvalue weighted by molar-refractivity contribution is 9.10. The molecule has 0 heterocycles. The van der Waals surface area contributed by atoms with Gasteiger partial charge in [0.25, 0.3) is 0 Å². The lowest BCUT2D eigenvalue weighted by atomic mass is 10.2. The molecule has 0 unspecified atom stereocenters. The zero-order chi connectivity index (χ0) is 14.0. The molecule has 0 bridgehead atoms. The van der Waals surface area contributed by atoms with E-state index in [1.807, 2.05) is 36.4 Å². The highest BCUT2D eigenvalue weighted by Crippen LogP contribution is 2.29. The molecule has 0 atom stereocenters. The molecule has 0 saturated carbocycles. The first-order valence-electron chi connectivity index (χ1n) is 5.29. The standard InChI is InChI=1S/C13H9Br2ClN2S/c14-10-5-7(1-3-9(10)13(17)19)18-8-2-4-12(16)11(15)6-8/h1-6,18H,(H2,17,19). The van der Waals surface area contributed by atoms with E-state index < -0.39 is 0 Å². The molecule has 0 spiro atoms. The van der Waals surface area contributed by atoms with Gasteiger partial charge >= 0.3 is 0 Å². The number of rotatable bonds is 3. The second kappa shape index (κ2) is 6.22. The van der Waals surface area contributed by atoms with E-state index >= 15 is 0 Å². The highest BCUT2D eigenvalue weighted by Gasteiger charge is 2.05. The summed E-state index contributed by atoms with van der Waals surface area (Å²) in [7, 11) is 0.